The number of hydrogen-bond acceptors (Lipinski definition) is 5. The number of carbonyl (C=O) groups is 1. The van der Waals surface area contributed by atoms with Crippen molar-refractivity contribution in [1.82, 2.24) is 15.6 Å². The molecule has 0 saturated heterocycles. The van der Waals surface area contributed by atoms with Gasteiger partial charge in [-0.25, -0.2) is 10.5 Å². The monoisotopic (exact) mass is 296 g/mol. The second kappa shape index (κ2) is 6.04. The van der Waals surface area contributed by atoms with Gasteiger partial charge in [0.25, 0.3) is 5.56 Å². The van der Waals surface area contributed by atoms with Crippen molar-refractivity contribution in [2.75, 3.05) is 0 Å². The smallest absolute Gasteiger partial charge is 0.272 e. The number of hydrazone groups is 1. The highest BCUT2D eigenvalue weighted by Crippen LogP contribution is 2.12. The van der Waals surface area contributed by atoms with Crippen LogP contribution in [0.1, 0.15) is 11.5 Å². The van der Waals surface area contributed by atoms with Gasteiger partial charge in [0.15, 0.2) is 0 Å². The lowest BCUT2D eigenvalue weighted by molar-refractivity contribution is -0.120. The van der Waals surface area contributed by atoms with Gasteiger partial charge in [0.1, 0.15) is 5.76 Å². The lowest BCUT2D eigenvalue weighted by Crippen LogP contribution is -2.22. The third kappa shape index (κ3) is 2.93. The van der Waals surface area contributed by atoms with Crippen molar-refractivity contribution in [3.63, 3.8) is 0 Å². The number of hydrogen-bond donors (Lipinski definition) is 2. The summed E-state index contributed by atoms with van der Waals surface area (Å²) < 4.78 is 5.05. The molecule has 2 aromatic heterocycles. The minimum Gasteiger partial charge on any atom is -0.463 e. The van der Waals surface area contributed by atoms with Gasteiger partial charge in [-0.3, -0.25) is 9.59 Å². The van der Waals surface area contributed by atoms with E-state index in [0.29, 0.717) is 22.2 Å². The van der Waals surface area contributed by atoms with E-state index >= 15 is 0 Å². The minimum atomic E-state index is -0.340. The number of aromatic amines is 1. The Morgan fingerprint density at radius 2 is 2.09 bits per heavy atom. The van der Waals surface area contributed by atoms with Gasteiger partial charge < -0.3 is 4.42 Å². The van der Waals surface area contributed by atoms with Crippen molar-refractivity contribution in [3.8, 4) is 0 Å². The summed E-state index contributed by atoms with van der Waals surface area (Å²) in [6.07, 6.45) is 2.92. The van der Waals surface area contributed by atoms with Crippen LogP contribution in [0.15, 0.2) is 57.0 Å². The Labute approximate surface area is 124 Å². The molecule has 0 fully saturated rings. The van der Waals surface area contributed by atoms with Crippen LogP contribution in [0.3, 0.4) is 0 Å². The summed E-state index contributed by atoms with van der Waals surface area (Å²) in [5, 5.41) is 11.3. The Kier molecular flexibility index (Phi) is 3.78. The zero-order chi connectivity index (χ0) is 15.4. The maximum Gasteiger partial charge on any atom is 0.272 e. The molecule has 3 aromatic rings. The van der Waals surface area contributed by atoms with Gasteiger partial charge in [0.2, 0.25) is 5.91 Å². The Hall–Kier alpha value is -3.22. The fourth-order valence-electron chi connectivity index (χ4n) is 2.03. The molecule has 0 radical (unpaired) electrons. The first-order chi connectivity index (χ1) is 10.7. The van der Waals surface area contributed by atoms with Crippen molar-refractivity contribution in [1.29, 1.82) is 0 Å². The summed E-state index contributed by atoms with van der Waals surface area (Å²) in [5.74, 6) is 0.195. The van der Waals surface area contributed by atoms with Gasteiger partial charge in [-0.1, -0.05) is 18.2 Å². The molecule has 1 amide bonds. The average molecular weight is 296 g/mol. The van der Waals surface area contributed by atoms with E-state index in [-0.39, 0.29) is 17.9 Å². The van der Waals surface area contributed by atoms with E-state index in [1.54, 1.807) is 36.4 Å². The molecule has 7 heteroatoms. The van der Waals surface area contributed by atoms with Gasteiger partial charge in [-0.05, 0) is 18.2 Å². The van der Waals surface area contributed by atoms with E-state index in [0.717, 1.165) is 0 Å². The maximum atomic E-state index is 11.9. The zero-order valence-corrected chi connectivity index (χ0v) is 11.4. The van der Waals surface area contributed by atoms with Crippen molar-refractivity contribution in [3.05, 3.63) is 64.5 Å². The number of nitrogens with zero attached hydrogens (tertiary/aromatic N) is 2. The van der Waals surface area contributed by atoms with Gasteiger partial charge in [0.05, 0.1) is 30.0 Å². The number of rotatable bonds is 4. The average Bonchev–Trinajstić information content (AvgIpc) is 3.04. The van der Waals surface area contributed by atoms with Crippen LogP contribution in [0.5, 0.6) is 0 Å². The normalized spacial score (nSPS) is 11.1. The molecule has 3 rings (SSSR count). The number of carbonyl (C=O) groups excluding carboxylic acids is 1. The first-order valence-electron chi connectivity index (χ1n) is 6.56. The summed E-state index contributed by atoms with van der Waals surface area (Å²) in [6, 6.07) is 10.4. The van der Waals surface area contributed by atoms with Gasteiger partial charge in [-0.15, -0.1) is 0 Å². The van der Waals surface area contributed by atoms with E-state index in [1.165, 1.54) is 12.5 Å². The maximum absolute atomic E-state index is 11.9. The molecular weight excluding hydrogens is 284 g/mol. The number of fused-ring (bicyclic) bond motifs is 1. The fraction of sp³-hybridized carbons (Fsp3) is 0.0667. The molecule has 0 spiro atoms. The quantitative estimate of drug-likeness (QED) is 0.558. The van der Waals surface area contributed by atoms with Crippen LogP contribution >= 0.6 is 0 Å². The summed E-state index contributed by atoms with van der Waals surface area (Å²) in [5.41, 5.74) is 2.59. The van der Waals surface area contributed by atoms with Crippen LogP contribution in [0, 0.1) is 0 Å². The summed E-state index contributed by atoms with van der Waals surface area (Å²) in [6.45, 7) is 0. The third-order valence-corrected chi connectivity index (χ3v) is 3.03. The largest absolute Gasteiger partial charge is 0.463 e. The van der Waals surface area contributed by atoms with Crippen molar-refractivity contribution >= 4 is 22.9 Å². The van der Waals surface area contributed by atoms with Crippen molar-refractivity contribution in [2.45, 2.75) is 6.42 Å². The van der Waals surface area contributed by atoms with Crippen LogP contribution in [0.2, 0.25) is 0 Å². The molecule has 0 aliphatic carbocycles. The number of furan rings is 1. The molecule has 0 unspecified atom stereocenters. The molecule has 0 bridgehead atoms. The van der Waals surface area contributed by atoms with Crippen LogP contribution in [0.25, 0.3) is 10.8 Å². The van der Waals surface area contributed by atoms with Gasteiger partial charge in [0, 0.05) is 5.39 Å². The number of aromatic nitrogens is 2. The Morgan fingerprint density at radius 1 is 1.27 bits per heavy atom. The number of H-pyrrole nitrogens is 1. The Morgan fingerprint density at radius 3 is 2.86 bits per heavy atom. The number of nitrogens with one attached hydrogen (secondary N) is 2. The van der Waals surface area contributed by atoms with Crippen LogP contribution < -0.4 is 11.0 Å². The molecule has 22 heavy (non-hydrogen) atoms. The molecule has 2 N–H and O–H groups in total. The Bertz CT molecular complexity index is 881. The van der Waals surface area contributed by atoms with E-state index < -0.39 is 0 Å². The summed E-state index contributed by atoms with van der Waals surface area (Å²) in [7, 11) is 0. The molecule has 0 aliphatic rings. The summed E-state index contributed by atoms with van der Waals surface area (Å²) >= 11 is 0. The highest BCUT2D eigenvalue weighted by molar-refractivity contribution is 5.88. The molecule has 7 nitrogen and oxygen atoms in total. The molecule has 1 aromatic carbocycles. The van der Waals surface area contributed by atoms with Crippen molar-refractivity contribution in [2.24, 2.45) is 5.10 Å². The predicted octanol–water partition coefficient (Wildman–Crippen LogP) is 1.21. The van der Waals surface area contributed by atoms with Crippen LogP contribution in [-0.2, 0) is 11.2 Å². The fourth-order valence-corrected chi connectivity index (χ4v) is 2.03. The predicted molar refractivity (Wildman–Crippen MR) is 80.5 cm³/mol. The second-order valence-electron chi connectivity index (χ2n) is 4.53. The van der Waals surface area contributed by atoms with E-state index in [4.69, 9.17) is 4.42 Å². The second-order valence-corrected chi connectivity index (χ2v) is 4.53. The standard InChI is InChI=1S/C15H12N4O3/c20-14(18-16-9-10-4-3-7-22-10)8-13-11-5-1-2-6-12(11)15(21)19-17-13/h1-7,9H,8H2,(H,18,20)(H,19,21)/b16-9-. The first kappa shape index (κ1) is 13.7. The minimum absolute atomic E-state index is 0.00673. The zero-order valence-electron chi connectivity index (χ0n) is 11.4. The molecular formula is C15H12N4O3. The molecule has 0 aliphatic heterocycles. The van der Waals surface area contributed by atoms with E-state index in [1.807, 2.05) is 0 Å². The number of benzene rings is 1. The van der Waals surface area contributed by atoms with Crippen molar-refractivity contribution < 1.29 is 9.21 Å². The topological polar surface area (TPSA) is 100 Å². The lowest BCUT2D eigenvalue weighted by Gasteiger charge is -2.03. The van der Waals surface area contributed by atoms with Gasteiger partial charge >= 0.3 is 0 Å². The molecule has 0 atom stereocenters. The first-order valence-corrected chi connectivity index (χ1v) is 6.56. The van der Waals surface area contributed by atoms with E-state index in [2.05, 4.69) is 20.7 Å². The molecule has 110 valence electrons. The Balaban J connectivity index is 1.74. The van der Waals surface area contributed by atoms with Crippen LogP contribution in [0.4, 0.5) is 0 Å². The summed E-state index contributed by atoms with van der Waals surface area (Å²) in [4.78, 5) is 23.5. The molecule has 0 saturated carbocycles. The van der Waals surface area contributed by atoms with Gasteiger partial charge in [-0.2, -0.15) is 10.2 Å². The van der Waals surface area contributed by atoms with Crippen LogP contribution in [-0.4, -0.2) is 22.3 Å². The highest BCUT2D eigenvalue weighted by Gasteiger charge is 2.09. The van der Waals surface area contributed by atoms with E-state index in [9.17, 15) is 9.59 Å². The highest BCUT2D eigenvalue weighted by atomic mass is 16.3. The SMILES string of the molecule is O=C(Cc1n[nH]c(=O)c2ccccc12)N/N=C\c1ccco1. The molecule has 2 heterocycles. The third-order valence-electron chi connectivity index (χ3n) is 3.03. The lowest BCUT2D eigenvalue weighted by atomic mass is 10.1. The number of amides is 1.